The predicted molar refractivity (Wildman–Crippen MR) is 31.9 cm³/mol. The lowest BCUT2D eigenvalue weighted by atomic mass is 10.3. The van der Waals surface area contributed by atoms with Crippen LogP contribution in [0.2, 0.25) is 0 Å². The third kappa shape index (κ3) is 1.46. The van der Waals surface area contributed by atoms with E-state index in [0.29, 0.717) is 12.2 Å². The highest BCUT2D eigenvalue weighted by atomic mass is 16.5. The van der Waals surface area contributed by atoms with Gasteiger partial charge in [0.2, 0.25) is 0 Å². The third-order valence-electron chi connectivity index (χ3n) is 1.24. The second-order valence-corrected chi connectivity index (χ2v) is 2.35. The second kappa shape index (κ2) is 2.46. The van der Waals surface area contributed by atoms with Crippen molar-refractivity contribution in [2.45, 2.75) is 26.1 Å². The van der Waals surface area contributed by atoms with Gasteiger partial charge in [0.25, 0.3) is 0 Å². The van der Waals surface area contributed by atoms with E-state index in [1.165, 1.54) is 0 Å². The molecule has 0 N–H and O–H groups in total. The summed E-state index contributed by atoms with van der Waals surface area (Å²) < 4.78 is 5.39. The number of nitrogens with zero attached hydrogens (tertiary/aromatic N) is 1. The number of morpholine rings is 1. The Morgan fingerprint density at radius 3 is 2.00 bits per heavy atom. The molecule has 0 aromatic rings. The van der Waals surface area contributed by atoms with Crippen molar-refractivity contribution in [2.75, 3.05) is 13.1 Å². The van der Waals surface area contributed by atoms with Gasteiger partial charge in [0.15, 0.2) is 0 Å². The highest BCUT2D eigenvalue weighted by Crippen LogP contribution is 2.01. The molecular formula is C6H12NO. The maximum Gasteiger partial charge on any atom is 0.0692 e. The lowest BCUT2D eigenvalue weighted by Gasteiger charge is -2.24. The summed E-state index contributed by atoms with van der Waals surface area (Å²) in [6, 6.07) is 0. The van der Waals surface area contributed by atoms with Gasteiger partial charge in [-0.1, -0.05) is 0 Å². The summed E-state index contributed by atoms with van der Waals surface area (Å²) in [6.45, 7) is 5.87. The smallest absolute Gasteiger partial charge is 0.0692 e. The summed E-state index contributed by atoms with van der Waals surface area (Å²) >= 11 is 0. The molecule has 0 bridgehead atoms. The summed E-state index contributed by atoms with van der Waals surface area (Å²) in [5.74, 6) is 0. The maximum absolute atomic E-state index is 5.39. The van der Waals surface area contributed by atoms with Gasteiger partial charge in [-0.15, -0.1) is 0 Å². The summed E-state index contributed by atoms with van der Waals surface area (Å²) in [6.07, 6.45) is 0.692. The van der Waals surface area contributed by atoms with E-state index >= 15 is 0 Å². The van der Waals surface area contributed by atoms with E-state index in [1.54, 1.807) is 0 Å². The maximum atomic E-state index is 5.39. The van der Waals surface area contributed by atoms with E-state index in [9.17, 15) is 0 Å². The minimum Gasteiger partial charge on any atom is -0.373 e. The molecule has 2 heteroatoms. The Morgan fingerprint density at radius 1 is 1.25 bits per heavy atom. The molecule has 0 amide bonds. The number of hydrogen-bond acceptors (Lipinski definition) is 1. The van der Waals surface area contributed by atoms with Crippen LogP contribution in [-0.2, 0) is 4.74 Å². The van der Waals surface area contributed by atoms with Gasteiger partial charge in [-0.3, -0.25) is 0 Å². The Morgan fingerprint density at radius 2 is 1.75 bits per heavy atom. The van der Waals surface area contributed by atoms with Gasteiger partial charge in [0.05, 0.1) is 12.2 Å². The highest BCUT2D eigenvalue weighted by molar-refractivity contribution is 4.66. The van der Waals surface area contributed by atoms with Crippen molar-refractivity contribution >= 4 is 0 Å². The van der Waals surface area contributed by atoms with Gasteiger partial charge in [0, 0.05) is 13.1 Å². The molecule has 1 heterocycles. The van der Waals surface area contributed by atoms with Crippen LogP contribution in [0.3, 0.4) is 0 Å². The average molecular weight is 114 g/mol. The topological polar surface area (TPSA) is 23.3 Å². The first-order valence-electron chi connectivity index (χ1n) is 3.08. The van der Waals surface area contributed by atoms with Crippen molar-refractivity contribution in [3.63, 3.8) is 0 Å². The van der Waals surface area contributed by atoms with Crippen molar-refractivity contribution in [1.82, 2.24) is 5.32 Å². The van der Waals surface area contributed by atoms with E-state index < -0.39 is 0 Å². The molecule has 0 spiro atoms. The van der Waals surface area contributed by atoms with E-state index in [0.717, 1.165) is 13.1 Å². The molecule has 1 aliphatic rings. The van der Waals surface area contributed by atoms with Gasteiger partial charge in [-0.2, -0.15) is 0 Å². The standard InChI is InChI=1S/C6H12NO/c1-5-3-7-4-6(2)8-5/h5-6H,3-4H2,1-2H3/t5-,6+. The fourth-order valence-electron chi connectivity index (χ4n) is 0.921. The number of ether oxygens (including phenoxy) is 1. The van der Waals surface area contributed by atoms with Crippen LogP contribution in [-0.4, -0.2) is 25.3 Å². The normalized spacial score (nSPS) is 39.8. The Bertz CT molecular complexity index is 66.9. The van der Waals surface area contributed by atoms with Crippen LogP contribution >= 0.6 is 0 Å². The summed E-state index contributed by atoms with van der Waals surface area (Å²) in [5.41, 5.74) is 0. The van der Waals surface area contributed by atoms with E-state index in [4.69, 9.17) is 4.74 Å². The van der Waals surface area contributed by atoms with Crippen LogP contribution in [0, 0.1) is 0 Å². The predicted octanol–water partition coefficient (Wildman–Crippen LogP) is 0.398. The molecule has 1 fully saturated rings. The van der Waals surface area contributed by atoms with Crippen LogP contribution in [0.15, 0.2) is 0 Å². The zero-order chi connectivity index (χ0) is 5.98. The van der Waals surface area contributed by atoms with Gasteiger partial charge in [-0.25, -0.2) is 5.32 Å². The first-order valence-corrected chi connectivity index (χ1v) is 3.08. The van der Waals surface area contributed by atoms with E-state index in [2.05, 4.69) is 19.2 Å². The highest BCUT2D eigenvalue weighted by Gasteiger charge is 2.14. The summed E-state index contributed by atoms with van der Waals surface area (Å²) in [5, 5.41) is 4.21. The van der Waals surface area contributed by atoms with E-state index in [1.807, 2.05) is 0 Å². The SMILES string of the molecule is C[C@@H]1C[N]C[C@H](C)O1. The zero-order valence-corrected chi connectivity index (χ0v) is 5.42. The number of rotatable bonds is 0. The fourth-order valence-corrected chi connectivity index (χ4v) is 0.921. The fraction of sp³-hybridized carbons (Fsp3) is 1.00. The minimum absolute atomic E-state index is 0.346. The van der Waals surface area contributed by atoms with Gasteiger partial charge in [-0.05, 0) is 13.8 Å². The van der Waals surface area contributed by atoms with Crippen LogP contribution < -0.4 is 5.32 Å². The molecule has 0 aromatic carbocycles. The molecule has 1 rings (SSSR count). The van der Waals surface area contributed by atoms with Crippen molar-refractivity contribution < 1.29 is 4.74 Å². The molecule has 8 heavy (non-hydrogen) atoms. The average Bonchev–Trinajstić information content (AvgIpc) is 1.64. The summed E-state index contributed by atoms with van der Waals surface area (Å²) in [4.78, 5) is 0. The Labute approximate surface area is 50.2 Å². The largest absolute Gasteiger partial charge is 0.373 e. The molecule has 0 unspecified atom stereocenters. The molecule has 1 aliphatic heterocycles. The monoisotopic (exact) mass is 114 g/mol. The van der Waals surface area contributed by atoms with Gasteiger partial charge >= 0.3 is 0 Å². The Hall–Kier alpha value is -0.0800. The molecule has 0 aromatic heterocycles. The lowest BCUT2D eigenvalue weighted by Crippen LogP contribution is -2.37. The minimum atomic E-state index is 0.346. The van der Waals surface area contributed by atoms with Crippen molar-refractivity contribution in [3.05, 3.63) is 0 Å². The molecule has 1 saturated heterocycles. The lowest BCUT2D eigenvalue weighted by molar-refractivity contribution is -0.0181. The molecular weight excluding hydrogens is 102 g/mol. The van der Waals surface area contributed by atoms with Crippen LogP contribution in [0.4, 0.5) is 0 Å². The molecule has 2 nitrogen and oxygen atoms in total. The van der Waals surface area contributed by atoms with Crippen molar-refractivity contribution in [1.29, 1.82) is 0 Å². The Kier molecular flexibility index (Phi) is 1.86. The second-order valence-electron chi connectivity index (χ2n) is 2.35. The van der Waals surface area contributed by atoms with Crippen molar-refractivity contribution in [2.24, 2.45) is 0 Å². The van der Waals surface area contributed by atoms with Gasteiger partial charge < -0.3 is 4.74 Å². The third-order valence-corrected chi connectivity index (χ3v) is 1.24. The number of hydrogen-bond donors (Lipinski definition) is 0. The Balaban J connectivity index is 2.23. The van der Waals surface area contributed by atoms with Gasteiger partial charge in [0.1, 0.15) is 0 Å². The van der Waals surface area contributed by atoms with Crippen molar-refractivity contribution in [3.8, 4) is 0 Å². The van der Waals surface area contributed by atoms with Crippen LogP contribution in [0.25, 0.3) is 0 Å². The quantitative estimate of drug-likeness (QED) is 0.447. The van der Waals surface area contributed by atoms with E-state index in [-0.39, 0.29) is 0 Å². The van der Waals surface area contributed by atoms with Crippen LogP contribution in [0.5, 0.6) is 0 Å². The molecule has 2 atom stereocenters. The zero-order valence-electron chi connectivity index (χ0n) is 5.42. The first-order chi connectivity index (χ1) is 3.79. The molecule has 1 radical (unpaired) electrons. The first kappa shape index (κ1) is 6.05. The molecule has 0 saturated carbocycles. The molecule has 47 valence electrons. The molecule has 0 aliphatic carbocycles. The van der Waals surface area contributed by atoms with Crippen LogP contribution in [0.1, 0.15) is 13.8 Å². The summed E-state index contributed by atoms with van der Waals surface area (Å²) in [7, 11) is 0.